The van der Waals surface area contributed by atoms with Crippen molar-refractivity contribution < 1.29 is 9.18 Å². The summed E-state index contributed by atoms with van der Waals surface area (Å²) in [5, 5.41) is 6.38. The molecule has 2 heterocycles. The van der Waals surface area contributed by atoms with E-state index in [2.05, 4.69) is 32.7 Å². The van der Waals surface area contributed by atoms with Crippen LogP contribution in [0.5, 0.6) is 0 Å². The van der Waals surface area contributed by atoms with E-state index in [1.165, 1.54) is 17.7 Å². The van der Waals surface area contributed by atoms with Crippen LogP contribution in [0.25, 0.3) is 0 Å². The molecule has 0 spiro atoms. The summed E-state index contributed by atoms with van der Waals surface area (Å²) in [7, 11) is 0. The van der Waals surface area contributed by atoms with Crippen LogP contribution in [0.4, 0.5) is 10.2 Å². The smallest absolute Gasteiger partial charge is 0.253 e. The molecule has 2 aromatic carbocycles. The summed E-state index contributed by atoms with van der Waals surface area (Å²) in [6.07, 6.45) is 1.61. The van der Waals surface area contributed by atoms with E-state index < -0.39 is 0 Å². The van der Waals surface area contributed by atoms with Crippen molar-refractivity contribution in [2.75, 3.05) is 24.5 Å². The SMILES string of the molecule is O=C(NCc1ccc(F)cc1)c1ccc(N2CCNC(c3ccccc3)C2)nc1. The largest absolute Gasteiger partial charge is 0.353 e. The Bertz CT molecular complexity index is 945. The Morgan fingerprint density at radius 3 is 2.62 bits per heavy atom. The molecule has 0 radical (unpaired) electrons. The lowest BCUT2D eigenvalue weighted by atomic mass is 10.0. The van der Waals surface area contributed by atoms with E-state index in [0.29, 0.717) is 12.1 Å². The zero-order chi connectivity index (χ0) is 20.1. The number of halogens is 1. The minimum absolute atomic E-state index is 0.198. The van der Waals surface area contributed by atoms with Gasteiger partial charge in [0.2, 0.25) is 0 Å². The third-order valence-electron chi connectivity index (χ3n) is 5.08. The van der Waals surface area contributed by atoms with Gasteiger partial charge in [-0.1, -0.05) is 42.5 Å². The number of carbonyl (C=O) groups excluding carboxylic acids is 1. The molecule has 1 atom stereocenters. The van der Waals surface area contributed by atoms with Gasteiger partial charge < -0.3 is 15.5 Å². The minimum atomic E-state index is -0.290. The minimum Gasteiger partial charge on any atom is -0.353 e. The lowest BCUT2D eigenvalue weighted by molar-refractivity contribution is 0.0950. The second-order valence-corrected chi connectivity index (χ2v) is 7.08. The second kappa shape index (κ2) is 8.84. The maximum atomic E-state index is 13.0. The number of benzene rings is 2. The average molecular weight is 390 g/mol. The Kier molecular flexibility index (Phi) is 5.81. The molecule has 1 aliphatic rings. The number of rotatable bonds is 5. The molecule has 5 nitrogen and oxygen atoms in total. The first-order chi connectivity index (χ1) is 14.2. The van der Waals surface area contributed by atoms with Crippen LogP contribution in [0.15, 0.2) is 72.9 Å². The van der Waals surface area contributed by atoms with Crippen LogP contribution in [0, 0.1) is 5.82 Å². The monoisotopic (exact) mass is 390 g/mol. The summed E-state index contributed by atoms with van der Waals surface area (Å²) in [5.74, 6) is 0.376. The van der Waals surface area contributed by atoms with Gasteiger partial charge in [0.05, 0.1) is 5.56 Å². The number of amides is 1. The number of anilines is 1. The number of carbonyl (C=O) groups is 1. The number of pyridine rings is 1. The molecule has 1 unspecified atom stereocenters. The molecule has 1 saturated heterocycles. The Hall–Kier alpha value is -3.25. The molecule has 29 heavy (non-hydrogen) atoms. The van der Waals surface area contributed by atoms with E-state index in [1.54, 1.807) is 24.4 Å². The van der Waals surface area contributed by atoms with E-state index in [0.717, 1.165) is 31.0 Å². The highest BCUT2D eigenvalue weighted by Crippen LogP contribution is 2.21. The molecule has 3 aromatic rings. The van der Waals surface area contributed by atoms with Crippen LogP contribution in [-0.4, -0.2) is 30.5 Å². The lowest BCUT2D eigenvalue weighted by Crippen LogP contribution is -2.46. The van der Waals surface area contributed by atoms with Crippen molar-refractivity contribution in [3.05, 3.63) is 95.4 Å². The van der Waals surface area contributed by atoms with Crippen molar-refractivity contribution in [3.8, 4) is 0 Å². The fraction of sp³-hybridized carbons (Fsp3) is 0.217. The summed E-state index contributed by atoms with van der Waals surface area (Å²) < 4.78 is 13.0. The van der Waals surface area contributed by atoms with Crippen molar-refractivity contribution in [1.29, 1.82) is 0 Å². The highest BCUT2D eigenvalue weighted by Gasteiger charge is 2.21. The zero-order valence-electron chi connectivity index (χ0n) is 16.0. The van der Waals surface area contributed by atoms with Crippen LogP contribution in [-0.2, 0) is 6.54 Å². The van der Waals surface area contributed by atoms with Gasteiger partial charge >= 0.3 is 0 Å². The van der Waals surface area contributed by atoms with Gasteiger partial charge in [-0.25, -0.2) is 9.37 Å². The normalized spacial score (nSPS) is 16.4. The fourth-order valence-electron chi connectivity index (χ4n) is 3.46. The molecule has 1 fully saturated rings. The van der Waals surface area contributed by atoms with Crippen molar-refractivity contribution in [3.63, 3.8) is 0 Å². The van der Waals surface area contributed by atoms with Gasteiger partial charge in [0, 0.05) is 38.4 Å². The Balaban J connectivity index is 1.37. The molecule has 1 aliphatic heterocycles. The summed E-state index contributed by atoms with van der Waals surface area (Å²) in [4.78, 5) is 19.1. The van der Waals surface area contributed by atoms with Crippen LogP contribution in [0.1, 0.15) is 27.5 Å². The molecule has 0 bridgehead atoms. The standard InChI is InChI=1S/C23H23FN4O/c24-20-9-6-17(7-10-20)14-27-23(29)19-8-11-22(26-15-19)28-13-12-25-21(16-28)18-4-2-1-3-5-18/h1-11,15,21,25H,12-14,16H2,(H,27,29). The van der Waals surface area contributed by atoms with Gasteiger partial charge in [-0.05, 0) is 35.4 Å². The van der Waals surface area contributed by atoms with E-state index in [1.807, 2.05) is 24.3 Å². The van der Waals surface area contributed by atoms with Gasteiger partial charge in [0.15, 0.2) is 0 Å². The molecule has 6 heteroatoms. The van der Waals surface area contributed by atoms with Gasteiger partial charge in [-0.15, -0.1) is 0 Å². The number of piperazine rings is 1. The molecule has 148 valence electrons. The quantitative estimate of drug-likeness (QED) is 0.702. The predicted octanol–water partition coefficient (Wildman–Crippen LogP) is 3.30. The van der Waals surface area contributed by atoms with Crippen molar-refractivity contribution in [2.24, 2.45) is 0 Å². The van der Waals surface area contributed by atoms with Crippen LogP contribution >= 0.6 is 0 Å². The number of hydrogen-bond acceptors (Lipinski definition) is 4. The van der Waals surface area contributed by atoms with Crippen molar-refractivity contribution in [2.45, 2.75) is 12.6 Å². The predicted molar refractivity (Wildman–Crippen MR) is 111 cm³/mol. The highest BCUT2D eigenvalue weighted by atomic mass is 19.1. The third kappa shape index (κ3) is 4.78. The van der Waals surface area contributed by atoms with Crippen LogP contribution in [0.2, 0.25) is 0 Å². The Morgan fingerprint density at radius 1 is 1.10 bits per heavy atom. The van der Waals surface area contributed by atoms with E-state index >= 15 is 0 Å². The van der Waals surface area contributed by atoms with Crippen LogP contribution < -0.4 is 15.5 Å². The first-order valence-corrected chi connectivity index (χ1v) is 9.71. The average Bonchev–Trinajstić information content (AvgIpc) is 2.79. The molecular formula is C23H23FN4O. The number of nitrogens with zero attached hydrogens (tertiary/aromatic N) is 2. The Morgan fingerprint density at radius 2 is 1.90 bits per heavy atom. The molecular weight excluding hydrogens is 367 g/mol. The van der Waals surface area contributed by atoms with Gasteiger partial charge in [0.25, 0.3) is 5.91 Å². The molecule has 1 amide bonds. The summed E-state index contributed by atoms with van der Waals surface area (Å²) >= 11 is 0. The first kappa shape index (κ1) is 19.1. The maximum absolute atomic E-state index is 13.0. The summed E-state index contributed by atoms with van der Waals surface area (Å²) in [5.41, 5.74) is 2.61. The first-order valence-electron chi connectivity index (χ1n) is 9.71. The number of nitrogens with one attached hydrogen (secondary N) is 2. The van der Waals surface area contributed by atoms with Gasteiger partial charge in [-0.3, -0.25) is 4.79 Å². The van der Waals surface area contributed by atoms with E-state index in [9.17, 15) is 9.18 Å². The molecule has 1 aromatic heterocycles. The van der Waals surface area contributed by atoms with E-state index in [4.69, 9.17) is 0 Å². The highest BCUT2D eigenvalue weighted by molar-refractivity contribution is 5.94. The lowest BCUT2D eigenvalue weighted by Gasteiger charge is -2.34. The molecule has 2 N–H and O–H groups in total. The molecule has 4 rings (SSSR count). The topological polar surface area (TPSA) is 57.3 Å². The third-order valence-corrected chi connectivity index (χ3v) is 5.08. The zero-order valence-corrected chi connectivity index (χ0v) is 16.0. The molecule has 0 aliphatic carbocycles. The Labute approximate surface area is 169 Å². The number of aromatic nitrogens is 1. The number of hydrogen-bond donors (Lipinski definition) is 2. The van der Waals surface area contributed by atoms with Gasteiger partial charge in [0.1, 0.15) is 11.6 Å². The molecule has 0 saturated carbocycles. The summed E-state index contributed by atoms with van der Waals surface area (Å²) in [6.45, 7) is 2.91. The van der Waals surface area contributed by atoms with Crippen LogP contribution in [0.3, 0.4) is 0 Å². The second-order valence-electron chi connectivity index (χ2n) is 7.08. The fourth-order valence-corrected chi connectivity index (χ4v) is 3.46. The maximum Gasteiger partial charge on any atom is 0.253 e. The van der Waals surface area contributed by atoms with E-state index in [-0.39, 0.29) is 17.8 Å². The van der Waals surface area contributed by atoms with Crippen molar-refractivity contribution in [1.82, 2.24) is 15.6 Å². The van der Waals surface area contributed by atoms with Gasteiger partial charge in [-0.2, -0.15) is 0 Å². The van der Waals surface area contributed by atoms with Crippen molar-refractivity contribution >= 4 is 11.7 Å². The summed E-state index contributed by atoms with van der Waals surface area (Å²) in [6, 6.07) is 20.4.